The zero-order chi connectivity index (χ0) is 14.3. The van der Waals surface area contributed by atoms with Crippen molar-refractivity contribution in [1.29, 1.82) is 0 Å². The van der Waals surface area contributed by atoms with Crippen LogP contribution in [0.3, 0.4) is 0 Å². The lowest BCUT2D eigenvalue weighted by Crippen LogP contribution is -2.27. The van der Waals surface area contributed by atoms with Gasteiger partial charge in [0.1, 0.15) is 0 Å². The quantitative estimate of drug-likeness (QED) is 0.841. The van der Waals surface area contributed by atoms with E-state index in [1.54, 1.807) is 4.90 Å². The number of aryl methyl sites for hydroxylation is 1. The SMILES string of the molecule is Cc1cccc(CN2CC[C@@]3(C[C@@H]3C(=O)N(C)C)C2)n1. The second-order valence-corrected chi connectivity index (χ2v) is 6.58. The van der Waals surface area contributed by atoms with Crippen molar-refractivity contribution in [3.8, 4) is 0 Å². The minimum atomic E-state index is 0.257. The lowest BCUT2D eigenvalue weighted by Gasteiger charge is -2.16. The molecule has 1 saturated heterocycles. The number of amides is 1. The average Bonchev–Trinajstić information content (AvgIpc) is 2.94. The Balaban J connectivity index is 1.60. The van der Waals surface area contributed by atoms with Crippen molar-refractivity contribution in [2.75, 3.05) is 27.2 Å². The molecule has 0 N–H and O–H groups in total. The molecule has 2 heterocycles. The summed E-state index contributed by atoms with van der Waals surface area (Å²) in [5.74, 6) is 0.563. The molecule has 0 bridgehead atoms. The molecule has 20 heavy (non-hydrogen) atoms. The monoisotopic (exact) mass is 273 g/mol. The molecule has 1 spiro atoms. The molecule has 1 amide bonds. The lowest BCUT2D eigenvalue weighted by atomic mass is 10.0. The first kappa shape index (κ1) is 13.6. The number of hydrogen-bond acceptors (Lipinski definition) is 3. The first-order chi connectivity index (χ1) is 9.50. The van der Waals surface area contributed by atoms with Gasteiger partial charge in [-0.2, -0.15) is 0 Å². The zero-order valence-corrected chi connectivity index (χ0v) is 12.6. The van der Waals surface area contributed by atoms with E-state index in [9.17, 15) is 4.79 Å². The fourth-order valence-electron chi connectivity index (χ4n) is 3.50. The van der Waals surface area contributed by atoms with Gasteiger partial charge in [0.15, 0.2) is 0 Å². The molecule has 2 aliphatic rings. The summed E-state index contributed by atoms with van der Waals surface area (Å²) in [5, 5.41) is 0. The Morgan fingerprint density at radius 3 is 3.00 bits per heavy atom. The average molecular weight is 273 g/mol. The third kappa shape index (κ3) is 2.44. The highest BCUT2D eigenvalue weighted by molar-refractivity contribution is 5.82. The van der Waals surface area contributed by atoms with Crippen LogP contribution in [-0.2, 0) is 11.3 Å². The van der Waals surface area contributed by atoms with Crippen LogP contribution in [-0.4, -0.2) is 47.9 Å². The van der Waals surface area contributed by atoms with Crippen LogP contribution in [0.15, 0.2) is 18.2 Å². The third-order valence-electron chi connectivity index (χ3n) is 4.72. The van der Waals surface area contributed by atoms with Crippen LogP contribution in [0.4, 0.5) is 0 Å². The predicted molar refractivity (Wildman–Crippen MR) is 78.1 cm³/mol. The van der Waals surface area contributed by atoms with Gasteiger partial charge in [-0.1, -0.05) is 6.07 Å². The summed E-state index contributed by atoms with van der Waals surface area (Å²) >= 11 is 0. The molecular formula is C16H23N3O. The Hall–Kier alpha value is -1.42. The number of aromatic nitrogens is 1. The largest absolute Gasteiger partial charge is 0.349 e. The van der Waals surface area contributed by atoms with Gasteiger partial charge in [0.25, 0.3) is 0 Å². The fraction of sp³-hybridized carbons (Fsp3) is 0.625. The summed E-state index contributed by atoms with van der Waals surface area (Å²) in [6, 6.07) is 6.19. The van der Waals surface area contributed by atoms with Gasteiger partial charge in [-0.3, -0.25) is 14.7 Å². The van der Waals surface area contributed by atoms with Crippen molar-refractivity contribution in [3.63, 3.8) is 0 Å². The van der Waals surface area contributed by atoms with E-state index < -0.39 is 0 Å². The number of carbonyl (C=O) groups excluding carboxylic acids is 1. The molecule has 2 fully saturated rings. The Labute approximate surface area is 120 Å². The van der Waals surface area contributed by atoms with E-state index in [0.717, 1.165) is 43.9 Å². The summed E-state index contributed by atoms with van der Waals surface area (Å²) in [6.45, 7) is 5.08. The van der Waals surface area contributed by atoms with Crippen LogP contribution in [0, 0.1) is 18.3 Å². The van der Waals surface area contributed by atoms with Crippen LogP contribution < -0.4 is 0 Å². The molecular weight excluding hydrogens is 250 g/mol. The normalized spacial score (nSPS) is 28.9. The lowest BCUT2D eigenvalue weighted by molar-refractivity contribution is -0.130. The number of carbonyl (C=O) groups is 1. The molecule has 1 aromatic heterocycles. The second-order valence-electron chi connectivity index (χ2n) is 6.58. The number of likely N-dealkylation sites (tertiary alicyclic amines) is 1. The van der Waals surface area contributed by atoms with Crippen molar-refractivity contribution in [1.82, 2.24) is 14.8 Å². The Bertz CT molecular complexity index is 528. The van der Waals surface area contributed by atoms with E-state index in [0.29, 0.717) is 5.91 Å². The molecule has 2 atom stereocenters. The molecule has 1 aliphatic carbocycles. The van der Waals surface area contributed by atoms with E-state index in [-0.39, 0.29) is 11.3 Å². The molecule has 1 aromatic rings. The fourth-order valence-corrected chi connectivity index (χ4v) is 3.50. The highest BCUT2D eigenvalue weighted by Crippen LogP contribution is 2.59. The topological polar surface area (TPSA) is 36.4 Å². The molecule has 4 nitrogen and oxygen atoms in total. The maximum atomic E-state index is 12.1. The van der Waals surface area contributed by atoms with Crippen LogP contribution in [0.2, 0.25) is 0 Å². The maximum absolute atomic E-state index is 12.1. The van der Waals surface area contributed by atoms with Crippen LogP contribution in [0.1, 0.15) is 24.2 Å². The standard InChI is InChI=1S/C16H23N3O/c1-12-5-4-6-13(17-12)10-19-8-7-16(11-19)9-14(16)15(20)18(2)3/h4-6,14H,7-11H2,1-3H3/t14-,16-/m1/s1. The summed E-state index contributed by atoms with van der Waals surface area (Å²) in [5.41, 5.74) is 2.48. The summed E-state index contributed by atoms with van der Waals surface area (Å²) in [7, 11) is 3.72. The van der Waals surface area contributed by atoms with Crippen molar-refractivity contribution < 1.29 is 4.79 Å². The van der Waals surface area contributed by atoms with Gasteiger partial charge < -0.3 is 4.90 Å². The third-order valence-corrected chi connectivity index (χ3v) is 4.72. The Kier molecular flexibility index (Phi) is 3.28. The van der Waals surface area contributed by atoms with E-state index in [4.69, 9.17) is 0 Å². The van der Waals surface area contributed by atoms with Gasteiger partial charge in [-0.25, -0.2) is 0 Å². The minimum absolute atomic E-state index is 0.257. The minimum Gasteiger partial charge on any atom is -0.349 e. The molecule has 3 rings (SSSR count). The van der Waals surface area contributed by atoms with Crippen LogP contribution >= 0.6 is 0 Å². The molecule has 0 aromatic carbocycles. The number of pyridine rings is 1. The molecule has 0 radical (unpaired) electrons. The van der Waals surface area contributed by atoms with Gasteiger partial charge >= 0.3 is 0 Å². The first-order valence-electron chi connectivity index (χ1n) is 7.36. The molecule has 108 valence electrons. The maximum Gasteiger partial charge on any atom is 0.225 e. The van der Waals surface area contributed by atoms with E-state index in [1.165, 1.54) is 0 Å². The molecule has 0 unspecified atom stereocenters. The molecule has 1 aliphatic heterocycles. The number of nitrogens with zero attached hydrogens (tertiary/aromatic N) is 3. The smallest absolute Gasteiger partial charge is 0.225 e. The van der Waals surface area contributed by atoms with E-state index >= 15 is 0 Å². The second kappa shape index (κ2) is 4.85. The molecule has 4 heteroatoms. The van der Waals surface area contributed by atoms with Crippen molar-refractivity contribution >= 4 is 5.91 Å². The van der Waals surface area contributed by atoms with Crippen molar-refractivity contribution in [2.45, 2.75) is 26.3 Å². The number of rotatable bonds is 3. The summed E-state index contributed by atoms with van der Waals surface area (Å²) < 4.78 is 0. The van der Waals surface area contributed by atoms with Crippen LogP contribution in [0.5, 0.6) is 0 Å². The first-order valence-corrected chi connectivity index (χ1v) is 7.36. The summed E-state index contributed by atoms with van der Waals surface area (Å²) in [6.07, 6.45) is 2.23. The van der Waals surface area contributed by atoms with Gasteiger partial charge in [0, 0.05) is 38.8 Å². The van der Waals surface area contributed by atoms with E-state index in [1.807, 2.05) is 27.1 Å². The van der Waals surface area contributed by atoms with Crippen LogP contribution in [0.25, 0.3) is 0 Å². The number of hydrogen-bond donors (Lipinski definition) is 0. The Morgan fingerprint density at radius 2 is 2.30 bits per heavy atom. The van der Waals surface area contributed by atoms with Crippen molar-refractivity contribution in [3.05, 3.63) is 29.6 Å². The zero-order valence-electron chi connectivity index (χ0n) is 12.6. The van der Waals surface area contributed by atoms with Gasteiger partial charge in [-0.15, -0.1) is 0 Å². The summed E-state index contributed by atoms with van der Waals surface area (Å²) in [4.78, 5) is 20.8. The van der Waals surface area contributed by atoms with Gasteiger partial charge in [0.05, 0.1) is 5.69 Å². The van der Waals surface area contributed by atoms with Gasteiger partial charge in [-0.05, 0) is 43.9 Å². The highest BCUT2D eigenvalue weighted by atomic mass is 16.2. The molecule has 1 saturated carbocycles. The van der Waals surface area contributed by atoms with Crippen molar-refractivity contribution in [2.24, 2.45) is 11.3 Å². The highest BCUT2D eigenvalue weighted by Gasteiger charge is 2.60. The van der Waals surface area contributed by atoms with E-state index in [2.05, 4.69) is 22.0 Å². The predicted octanol–water partition coefficient (Wildman–Crippen LogP) is 1.69. The Morgan fingerprint density at radius 1 is 1.50 bits per heavy atom. The van der Waals surface area contributed by atoms with Gasteiger partial charge in [0.2, 0.25) is 5.91 Å².